The van der Waals surface area contributed by atoms with Crippen LogP contribution < -0.4 is 24.8 Å². The number of rotatable bonds is 8. The molecular formula is C19H26ClN5O3. The molecule has 1 fully saturated rings. The Morgan fingerprint density at radius 3 is 2.18 bits per heavy atom. The molecule has 0 aliphatic heterocycles. The summed E-state index contributed by atoms with van der Waals surface area (Å²) in [5.41, 5.74) is 0.924. The lowest BCUT2D eigenvalue weighted by molar-refractivity contribution is 0.324. The Kier molecular flexibility index (Phi) is 6.97. The molecular weight excluding hydrogens is 382 g/mol. The predicted molar refractivity (Wildman–Crippen MR) is 109 cm³/mol. The fraction of sp³-hybridized carbons (Fsp3) is 0.526. The molecule has 0 amide bonds. The molecule has 1 heterocycles. The topological polar surface area (TPSA) is 90.4 Å². The van der Waals surface area contributed by atoms with Crippen molar-refractivity contribution in [3.05, 3.63) is 23.0 Å². The van der Waals surface area contributed by atoms with Crippen molar-refractivity contribution in [3.8, 4) is 17.2 Å². The summed E-state index contributed by atoms with van der Waals surface area (Å²) in [6, 6.07) is 4.13. The maximum Gasteiger partial charge on any atom is 0.229 e. The summed E-state index contributed by atoms with van der Waals surface area (Å²) in [6.07, 6.45) is 5.98. The van der Waals surface area contributed by atoms with E-state index in [1.165, 1.54) is 19.3 Å². The van der Waals surface area contributed by atoms with Gasteiger partial charge < -0.3 is 24.8 Å². The van der Waals surface area contributed by atoms with Crippen LogP contribution in [0.2, 0.25) is 5.28 Å². The Morgan fingerprint density at radius 1 is 0.929 bits per heavy atom. The summed E-state index contributed by atoms with van der Waals surface area (Å²) in [5, 5.41) is 6.70. The number of methoxy groups -OCH3 is 3. The largest absolute Gasteiger partial charge is 0.493 e. The van der Waals surface area contributed by atoms with Crippen LogP contribution >= 0.6 is 11.6 Å². The van der Waals surface area contributed by atoms with Crippen LogP contribution in [0.3, 0.4) is 0 Å². The fourth-order valence-electron chi connectivity index (χ4n) is 3.34. The van der Waals surface area contributed by atoms with E-state index in [4.69, 9.17) is 25.8 Å². The lowest BCUT2D eigenvalue weighted by Crippen LogP contribution is -2.24. The average molecular weight is 408 g/mol. The molecule has 0 saturated heterocycles. The first kappa shape index (κ1) is 20.3. The van der Waals surface area contributed by atoms with Crippen molar-refractivity contribution in [1.82, 2.24) is 15.0 Å². The van der Waals surface area contributed by atoms with Crippen LogP contribution in [0.25, 0.3) is 0 Å². The van der Waals surface area contributed by atoms with E-state index in [-0.39, 0.29) is 5.28 Å². The second kappa shape index (κ2) is 9.64. The molecule has 9 heteroatoms. The lowest BCUT2D eigenvalue weighted by atomic mass is 9.96. The molecule has 0 atom stereocenters. The van der Waals surface area contributed by atoms with Crippen molar-refractivity contribution in [2.45, 2.75) is 44.7 Å². The smallest absolute Gasteiger partial charge is 0.229 e. The van der Waals surface area contributed by atoms with Gasteiger partial charge in [-0.25, -0.2) is 0 Å². The first-order valence-corrected chi connectivity index (χ1v) is 9.71. The Morgan fingerprint density at radius 2 is 1.57 bits per heavy atom. The van der Waals surface area contributed by atoms with Gasteiger partial charge >= 0.3 is 0 Å². The number of hydrogen-bond acceptors (Lipinski definition) is 8. The molecule has 1 aromatic heterocycles. The van der Waals surface area contributed by atoms with Crippen molar-refractivity contribution in [2.24, 2.45) is 0 Å². The third-order valence-electron chi connectivity index (χ3n) is 4.72. The third kappa shape index (κ3) is 5.07. The van der Waals surface area contributed by atoms with E-state index in [0.717, 1.165) is 18.4 Å². The molecule has 1 saturated carbocycles. The summed E-state index contributed by atoms with van der Waals surface area (Å²) < 4.78 is 16.1. The summed E-state index contributed by atoms with van der Waals surface area (Å²) >= 11 is 6.09. The van der Waals surface area contributed by atoms with E-state index in [2.05, 4.69) is 25.6 Å². The summed E-state index contributed by atoms with van der Waals surface area (Å²) in [6.45, 7) is 0.458. The molecule has 0 unspecified atom stereocenters. The van der Waals surface area contributed by atoms with Crippen LogP contribution in [0.4, 0.5) is 11.9 Å². The number of nitrogens with zero attached hydrogens (tertiary/aromatic N) is 3. The second-order valence-corrected chi connectivity index (χ2v) is 6.96. The van der Waals surface area contributed by atoms with Gasteiger partial charge in [-0.05, 0) is 42.1 Å². The number of halogens is 1. The van der Waals surface area contributed by atoms with Crippen LogP contribution in [0.1, 0.15) is 37.7 Å². The number of ether oxygens (including phenoxy) is 3. The van der Waals surface area contributed by atoms with E-state index >= 15 is 0 Å². The SMILES string of the molecule is COc1cc(CNc2nc(Cl)nc(NC3CCCCC3)n2)cc(OC)c1OC. The quantitative estimate of drug-likeness (QED) is 0.680. The first-order valence-electron chi connectivity index (χ1n) is 9.33. The first-order chi connectivity index (χ1) is 13.6. The van der Waals surface area contributed by atoms with Crippen molar-refractivity contribution < 1.29 is 14.2 Å². The number of nitrogens with one attached hydrogen (secondary N) is 2. The maximum atomic E-state index is 6.09. The summed E-state index contributed by atoms with van der Waals surface area (Å²) in [4.78, 5) is 12.8. The van der Waals surface area contributed by atoms with E-state index in [9.17, 15) is 0 Å². The average Bonchev–Trinajstić information content (AvgIpc) is 2.71. The number of hydrogen-bond donors (Lipinski definition) is 2. The van der Waals surface area contributed by atoms with Crippen LogP contribution in [-0.4, -0.2) is 42.3 Å². The van der Waals surface area contributed by atoms with E-state index in [0.29, 0.717) is 41.7 Å². The minimum Gasteiger partial charge on any atom is -0.493 e. The van der Waals surface area contributed by atoms with Gasteiger partial charge in [-0.2, -0.15) is 15.0 Å². The molecule has 3 rings (SSSR count). The minimum atomic E-state index is 0.153. The highest BCUT2D eigenvalue weighted by Crippen LogP contribution is 2.38. The molecule has 1 aromatic carbocycles. The van der Waals surface area contributed by atoms with E-state index in [1.54, 1.807) is 21.3 Å². The highest BCUT2D eigenvalue weighted by Gasteiger charge is 2.16. The van der Waals surface area contributed by atoms with Crippen LogP contribution in [0, 0.1) is 0 Å². The van der Waals surface area contributed by atoms with Gasteiger partial charge in [-0.15, -0.1) is 0 Å². The molecule has 2 N–H and O–H groups in total. The van der Waals surface area contributed by atoms with Gasteiger partial charge in [0.05, 0.1) is 21.3 Å². The van der Waals surface area contributed by atoms with Crippen molar-refractivity contribution in [3.63, 3.8) is 0 Å². The molecule has 28 heavy (non-hydrogen) atoms. The number of aromatic nitrogens is 3. The van der Waals surface area contributed by atoms with Crippen LogP contribution in [0.15, 0.2) is 12.1 Å². The molecule has 0 spiro atoms. The predicted octanol–water partition coefficient (Wildman–Crippen LogP) is 3.91. The van der Waals surface area contributed by atoms with E-state index < -0.39 is 0 Å². The Bertz CT molecular complexity index is 774. The van der Waals surface area contributed by atoms with Gasteiger partial charge in [0.15, 0.2) is 11.5 Å². The van der Waals surface area contributed by atoms with E-state index in [1.807, 2.05) is 12.1 Å². The van der Waals surface area contributed by atoms with Gasteiger partial charge in [0.1, 0.15) is 0 Å². The standard InChI is InChI=1S/C19H26ClN5O3/c1-26-14-9-12(10-15(27-2)16(14)28-3)11-21-18-23-17(20)24-19(25-18)22-13-7-5-4-6-8-13/h9-10,13H,4-8,11H2,1-3H3,(H2,21,22,23,24,25). The number of anilines is 2. The van der Waals surface area contributed by atoms with Crippen molar-refractivity contribution in [2.75, 3.05) is 32.0 Å². The molecule has 2 aromatic rings. The second-order valence-electron chi connectivity index (χ2n) is 6.62. The van der Waals surface area contributed by atoms with Gasteiger partial charge in [0.25, 0.3) is 0 Å². The Hall–Kier alpha value is -2.48. The van der Waals surface area contributed by atoms with Gasteiger partial charge in [-0.1, -0.05) is 19.3 Å². The zero-order valence-corrected chi connectivity index (χ0v) is 17.2. The molecule has 0 radical (unpaired) electrons. The molecule has 8 nitrogen and oxygen atoms in total. The molecule has 152 valence electrons. The van der Waals surface area contributed by atoms with Gasteiger partial charge in [0, 0.05) is 12.6 Å². The lowest BCUT2D eigenvalue weighted by Gasteiger charge is -2.22. The maximum absolute atomic E-state index is 6.09. The third-order valence-corrected chi connectivity index (χ3v) is 4.89. The monoisotopic (exact) mass is 407 g/mol. The zero-order valence-electron chi connectivity index (χ0n) is 16.4. The molecule has 1 aliphatic rings. The Labute approximate surface area is 170 Å². The van der Waals surface area contributed by atoms with Gasteiger partial charge in [0.2, 0.25) is 22.9 Å². The zero-order chi connectivity index (χ0) is 19.9. The minimum absolute atomic E-state index is 0.153. The normalized spacial score (nSPS) is 14.4. The summed E-state index contributed by atoms with van der Waals surface area (Å²) in [7, 11) is 4.75. The molecule has 1 aliphatic carbocycles. The highest BCUT2D eigenvalue weighted by atomic mass is 35.5. The van der Waals surface area contributed by atoms with Crippen molar-refractivity contribution in [1.29, 1.82) is 0 Å². The van der Waals surface area contributed by atoms with Gasteiger partial charge in [-0.3, -0.25) is 0 Å². The number of benzene rings is 1. The summed E-state index contributed by atoms with van der Waals surface area (Å²) in [5.74, 6) is 2.64. The van der Waals surface area contributed by atoms with Crippen molar-refractivity contribution >= 4 is 23.5 Å². The molecule has 0 bridgehead atoms. The van der Waals surface area contributed by atoms with Crippen LogP contribution in [0.5, 0.6) is 17.2 Å². The Balaban J connectivity index is 1.71. The van der Waals surface area contributed by atoms with Crippen LogP contribution in [-0.2, 0) is 6.54 Å². The fourth-order valence-corrected chi connectivity index (χ4v) is 3.50. The highest BCUT2D eigenvalue weighted by molar-refractivity contribution is 6.28.